The maximum Gasteiger partial charge on any atom is 0.407 e. The minimum atomic E-state index is -1.04. The Morgan fingerprint density at radius 1 is 0.925 bits per heavy atom. The number of carbonyl (C=O) groups excluding carboxylic acids is 2. The van der Waals surface area contributed by atoms with Gasteiger partial charge in [-0.25, -0.2) is 4.79 Å². The number of nitrogens with zero attached hydrogens (tertiary/aromatic N) is 1. The number of nitrogens with one attached hydrogen (secondary N) is 1. The van der Waals surface area contributed by atoms with Crippen molar-refractivity contribution in [3.63, 3.8) is 0 Å². The fraction of sp³-hybridized carbons (Fsp3) is 0.344. The zero-order valence-electron chi connectivity index (χ0n) is 22.7. The lowest BCUT2D eigenvalue weighted by atomic mass is 9.98. The fourth-order valence-corrected chi connectivity index (χ4v) is 5.71. The van der Waals surface area contributed by atoms with Crippen LogP contribution in [-0.4, -0.2) is 59.8 Å². The summed E-state index contributed by atoms with van der Waals surface area (Å²) in [5, 5.41) is 12.3. The number of hydrogen-bond acceptors (Lipinski definition) is 5. The van der Waals surface area contributed by atoms with Crippen LogP contribution < -0.4 is 5.32 Å². The summed E-state index contributed by atoms with van der Waals surface area (Å²) in [5.41, 5.74) is 5.37. The number of alkyl carbamates (subject to hydrolysis) is 1. The van der Waals surface area contributed by atoms with Crippen molar-refractivity contribution in [3.8, 4) is 11.1 Å². The summed E-state index contributed by atoms with van der Waals surface area (Å²) < 4.78 is 11.7. The third kappa shape index (κ3) is 5.72. The average molecular weight is 543 g/mol. The van der Waals surface area contributed by atoms with Gasteiger partial charge in [0.05, 0.1) is 18.6 Å². The topological polar surface area (TPSA) is 105 Å². The van der Waals surface area contributed by atoms with Crippen LogP contribution in [0.4, 0.5) is 4.79 Å². The van der Waals surface area contributed by atoms with E-state index in [0.29, 0.717) is 6.54 Å². The van der Waals surface area contributed by atoms with Crippen molar-refractivity contribution in [2.75, 3.05) is 19.7 Å². The molecule has 8 heteroatoms. The highest BCUT2D eigenvalue weighted by molar-refractivity contribution is 5.87. The first-order chi connectivity index (χ1) is 19.3. The van der Waals surface area contributed by atoms with E-state index < -0.39 is 30.1 Å². The van der Waals surface area contributed by atoms with E-state index in [2.05, 4.69) is 17.4 Å². The molecule has 1 heterocycles. The van der Waals surface area contributed by atoms with Crippen molar-refractivity contribution in [1.29, 1.82) is 0 Å². The van der Waals surface area contributed by atoms with Crippen LogP contribution in [0.1, 0.15) is 36.5 Å². The van der Waals surface area contributed by atoms with Gasteiger partial charge in [0.2, 0.25) is 5.91 Å². The maximum atomic E-state index is 13.6. The van der Waals surface area contributed by atoms with Gasteiger partial charge in [-0.15, -0.1) is 0 Å². The van der Waals surface area contributed by atoms with Gasteiger partial charge in [-0.2, -0.15) is 0 Å². The van der Waals surface area contributed by atoms with E-state index in [1.807, 2.05) is 73.7 Å². The van der Waals surface area contributed by atoms with Crippen molar-refractivity contribution in [1.82, 2.24) is 10.2 Å². The summed E-state index contributed by atoms with van der Waals surface area (Å²) in [7, 11) is 0. The van der Waals surface area contributed by atoms with E-state index in [9.17, 15) is 19.5 Å². The summed E-state index contributed by atoms with van der Waals surface area (Å²) in [5.74, 6) is -2.28. The molecule has 2 aliphatic rings. The lowest BCUT2D eigenvalue weighted by Crippen LogP contribution is -2.54. The first kappa shape index (κ1) is 27.4. The van der Waals surface area contributed by atoms with Crippen molar-refractivity contribution in [3.05, 3.63) is 95.6 Å². The Hall–Kier alpha value is -4.17. The predicted octanol–water partition coefficient (Wildman–Crippen LogP) is 4.68. The van der Waals surface area contributed by atoms with E-state index in [1.165, 1.54) is 4.90 Å². The molecule has 2 N–H and O–H groups in total. The number of carboxylic acid groups (broad SMARTS) is 1. The molecule has 0 aromatic heterocycles. The fourth-order valence-electron chi connectivity index (χ4n) is 5.71. The third-order valence-electron chi connectivity index (χ3n) is 7.95. The molecule has 2 amide bonds. The van der Waals surface area contributed by atoms with E-state index in [4.69, 9.17) is 9.47 Å². The van der Waals surface area contributed by atoms with E-state index in [1.54, 1.807) is 6.92 Å². The lowest BCUT2D eigenvalue weighted by Gasteiger charge is -2.28. The highest BCUT2D eigenvalue weighted by Crippen LogP contribution is 2.44. The highest BCUT2D eigenvalue weighted by Gasteiger charge is 2.41. The molecule has 1 aliphatic carbocycles. The summed E-state index contributed by atoms with van der Waals surface area (Å²) in [6.07, 6.45) is -1.41. The van der Waals surface area contributed by atoms with Crippen LogP contribution in [0, 0.1) is 11.8 Å². The van der Waals surface area contributed by atoms with Gasteiger partial charge in [-0.1, -0.05) is 85.8 Å². The van der Waals surface area contributed by atoms with Crippen LogP contribution in [0.3, 0.4) is 0 Å². The lowest BCUT2D eigenvalue weighted by molar-refractivity contribution is -0.142. The second-order valence-electron chi connectivity index (χ2n) is 10.6. The normalized spacial score (nSPS) is 19.4. The molecule has 0 radical (unpaired) electrons. The van der Waals surface area contributed by atoms with Crippen molar-refractivity contribution in [2.24, 2.45) is 11.8 Å². The minimum Gasteiger partial charge on any atom is -0.481 e. The Morgan fingerprint density at radius 3 is 2.12 bits per heavy atom. The third-order valence-corrected chi connectivity index (χ3v) is 7.95. The van der Waals surface area contributed by atoms with Crippen LogP contribution in [-0.2, 0) is 25.7 Å². The Morgan fingerprint density at radius 2 is 1.52 bits per heavy atom. The summed E-state index contributed by atoms with van der Waals surface area (Å²) in [6.45, 7) is 4.29. The number of rotatable bonds is 9. The summed E-state index contributed by atoms with van der Waals surface area (Å²) in [6, 6.07) is 24.7. The van der Waals surface area contributed by atoms with E-state index in [-0.39, 0.29) is 37.5 Å². The van der Waals surface area contributed by atoms with Crippen molar-refractivity contribution < 1.29 is 29.0 Å². The zero-order chi connectivity index (χ0) is 28.2. The Bertz CT molecular complexity index is 1330. The number of likely N-dealkylation sites (tertiary alicyclic amines) is 1. The van der Waals surface area contributed by atoms with Gasteiger partial charge in [-0.3, -0.25) is 9.59 Å². The molecule has 1 saturated heterocycles. The Labute approximate surface area is 233 Å². The largest absolute Gasteiger partial charge is 0.481 e. The predicted molar refractivity (Wildman–Crippen MR) is 150 cm³/mol. The molecule has 4 atom stereocenters. The quantitative estimate of drug-likeness (QED) is 0.407. The molecule has 40 heavy (non-hydrogen) atoms. The molecule has 0 unspecified atom stereocenters. The molecule has 0 bridgehead atoms. The van der Waals surface area contributed by atoms with Gasteiger partial charge in [0, 0.05) is 19.0 Å². The second kappa shape index (κ2) is 11.9. The zero-order valence-corrected chi connectivity index (χ0v) is 22.7. The number of hydrogen-bond donors (Lipinski definition) is 2. The molecule has 8 nitrogen and oxygen atoms in total. The first-order valence-corrected chi connectivity index (χ1v) is 13.6. The smallest absolute Gasteiger partial charge is 0.407 e. The molecule has 0 spiro atoms. The second-order valence-corrected chi connectivity index (χ2v) is 10.6. The number of fused-ring (bicyclic) bond motifs is 3. The van der Waals surface area contributed by atoms with Crippen LogP contribution in [0.5, 0.6) is 0 Å². The number of carbonyl (C=O) groups is 3. The number of benzene rings is 3. The molecular formula is C32H34N2O6. The van der Waals surface area contributed by atoms with Gasteiger partial charge < -0.3 is 24.8 Å². The summed E-state index contributed by atoms with van der Waals surface area (Å²) in [4.78, 5) is 39.9. The van der Waals surface area contributed by atoms with Gasteiger partial charge >= 0.3 is 12.1 Å². The van der Waals surface area contributed by atoms with Gasteiger partial charge in [0.1, 0.15) is 12.6 Å². The molecule has 0 saturated carbocycles. The highest BCUT2D eigenvalue weighted by atomic mass is 16.5. The molecule has 1 fully saturated rings. The molecule has 3 aromatic rings. The Balaban J connectivity index is 1.29. The van der Waals surface area contributed by atoms with Crippen LogP contribution in [0.25, 0.3) is 11.1 Å². The van der Waals surface area contributed by atoms with Crippen LogP contribution >= 0.6 is 0 Å². The van der Waals surface area contributed by atoms with Crippen molar-refractivity contribution in [2.45, 2.75) is 38.5 Å². The van der Waals surface area contributed by atoms with E-state index >= 15 is 0 Å². The molecular weight excluding hydrogens is 508 g/mol. The molecule has 208 valence electrons. The van der Waals surface area contributed by atoms with Gasteiger partial charge in [0.15, 0.2) is 0 Å². The molecule has 1 aliphatic heterocycles. The van der Waals surface area contributed by atoms with Gasteiger partial charge in [0.25, 0.3) is 0 Å². The minimum absolute atomic E-state index is 0.0869. The SMILES string of the molecule is C[C@@H]1CN(C(=O)[C@H](NC(=O)OCC2c3ccccc3-c3ccccc32)[C@H](C)OCc2ccccc2)C[C@H]1C(=O)O. The van der Waals surface area contributed by atoms with Crippen LogP contribution in [0.15, 0.2) is 78.9 Å². The molecule has 5 rings (SSSR count). The first-order valence-electron chi connectivity index (χ1n) is 13.6. The summed E-state index contributed by atoms with van der Waals surface area (Å²) >= 11 is 0. The number of ether oxygens (including phenoxy) is 2. The van der Waals surface area contributed by atoms with E-state index in [0.717, 1.165) is 27.8 Å². The number of aliphatic carboxylic acids is 1. The van der Waals surface area contributed by atoms with Crippen LogP contribution in [0.2, 0.25) is 0 Å². The van der Waals surface area contributed by atoms with Gasteiger partial charge in [-0.05, 0) is 40.7 Å². The number of amides is 2. The molecule has 3 aromatic carbocycles. The maximum absolute atomic E-state index is 13.6. The number of carboxylic acids is 1. The van der Waals surface area contributed by atoms with Crippen molar-refractivity contribution >= 4 is 18.0 Å². The Kier molecular flexibility index (Phi) is 8.16. The standard InChI is InChI=1S/C32H34N2O6/c1-20-16-34(17-27(20)31(36)37)30(35)29(21(2)39-18-22-10-4-3-5-11-22)33-32(38)40-19-28-25-14-8-6-12-23(25)24-13-7-9-15-26(24)28/h3-15,20-21,27-29H,16-19H2,1-2H3,(H,33,38)(H,36,37)/t20-,21+,27-,29-/m1/s1. The monoisotopic (exact) mass is 542 g/mol. The average Bonchev–Trinajstić information content (AvgIpc) is 3.52.